The van der Waals surface area contributed by atoms with E-state index in [1.54, 1.807) is 0 Å². The van der Waals surface area contributed by atoms with Crippen LogP contribution < -0.4 is 5.32 Å². The van der Waals surface area contributed by atoms with Gasteiger partial charge in [-0.3, -0.25) is 4.79 Å². The summed E-state index contributed by atoms with van der Waals surface area (Å²) in [7, 11) is 0. The van der Waals surface area contributed by atoms with E-state index >= 15 is 0 Å². The molecule has 0 aliphatic heterocycles. The molecule has 0 saturated heterocycles. The van der Waals surface area contributed by atoms with Gasteiger partial charge in [0.05, 0.1) is 24.4 Å². The number of carboxylic acids is 3. The minimum absolute atomic E-state index is 0.259. The largest absolute Gasteiger partial charge is 0.479 e. The van der Waals surface area contributed by atoms with E-state index in [0.29, 0.717) is 0 Å². The Hall–Kier alpha value is -2.66. The number of carbonyl (C=O) groups is 4. The second-order valence-electron chi connectivity index (χ2n) is 8.43. The minimum atomic E-state index is -2.48. The minimum Gasteiger partial charge on any atom is -0.479 e. The van der Waals surface area contributed by atoms with Gasteiger partial charge in [0.25, 0.3) is 0 Å². The molecule has 15 heteroatoms. The first-order valence-electron chi connectivity index (χ1n) is 10.6. The number of carboxylic acid groups (broad SMARTS) is 3. The van der Waals surface area contributed by atoms with Crippen molar-refractivity contribution in [2.45, 2.75) is 74.6 Å². The summed E-state index contributed by atoms with van der Waals surface area (Å²) in [6.07, 6.45) is -13.5. The quantitative estimate of drug-likeness (QED) is 0.137. The number of carbonyl (C=O) groups excluding carboxylic acids is 1. The summed E-state index contributed by atoms with van der Waals surface area (Å²) >= 11 is 0. The van der Waals surface area contributed by atoms with Gasteiger partial charge in [-0.2, -0.15) is 0 Å². The number of hydrogen-bond acceptors (Lipinski definition) is 11. The van der Waals surface area contributed by atoms with Crippen molar-refractivity contribution in [2.24, 2.45) is 5.92 Å². The topological polar surface area (TPSA) is 261 Å². The Morgan fingerprint density at radius 3 is 2.17 bits per heavy atom. The van der Waals surface area contributed by atoms with Crippen molar-refractivity contribution in [2.75, 3.05) is 6.61 Å². The first-order valence-corrected chi connectivity index (χ1v) is 10.6. The molecule has 6 unspecified atom stereocenters. The van der Waals surface area contributed by atoms with Crippen LogP contribution in [0.1, 0.15) is 19.8 Å². The molecule has 0 aromatic rings. The van der Waals surface area contributed by atoms with Gasteiger partial charge >= 0.3 is 17.9 Å². The highest BCUT2D eigenvalue weighted by atomic mass is 16.5. The van der Waals surface area contributed by atoms with Gasteiger partial charge in [-0.25, -0.2) is 14.4 Å². The summed E-state index contributed by atoms with van der Waals surface area (Å²) in [5, 5.41) is 80.6. The van der Waals surface area contributed by atoms with Crippen LogP contribution in [0.5, 0.6) is 0 Å². The zero-order valence-corrected chi connectivity index (χ0v) is 18.5. The number of amides is 1. The van der Waals surface area contributed by atoms with E-state index in [-0.39, 0.29) is 18.4 Å². The summed E-state index contributed by atoms with van der Waals surface area (Å²) in [6.45, 7) is 0.393. The van der Waals surface area contributed by atoms with Crippen LogP contribution in [-0.4, -0.2) is 126 Å². The van der Waals surface area contributed by atoms with Crippen molar-refractivity contribution < 1.29 is 69.5 Å². The maximum absolute atomic E-state index is 11.8. The predicted octanol–water partition coefficient (Wildman–Crippen LogP) is -3.96. The normalized spacial score (nSPS) is 34.9. The maximum atomic E-state index is 11.8. The number of aliphatic hydroxyl groups is 5. The van der Waals surface area contributed by atoms with Gasteiger partial charge in [-0.05, 0) is 12.5 Å². The van der Waals surface area contributed by atoms with Crippen LogP contribution in [0.2, 0.25) is 0 Å². The Labute approximate surface area is 198 Å². The molecule has 198 valence electrons. The predicted molar refractivity (Wildman–Crippen MR) is 110 cm³/mol. The zero-order chi connectivity index (χ0) is 26.6. The van der Waals surface area contributed by atoms with Crippen LogP contribution in [0.4, 0.5) is 0 Å². The second kappa shape index (κ2) is 11.9. The smallest absolute Gasteiger partial charge is 0.336 e. The average molecular weight is 507 g/mol. The number of rotatable bonds is 10. The lowest BCUT2D eigenvalue weighted by Gasteiger charge is -2.46. The van der Waals surface area contributed by atoms with Crippen molar-refractivity contribution in [3.63, 3.8) is 0 Å². The molecule has 9 N–H and O–H groups in total. The van der Waals surface area contributed by atoms with Gasteiger partial charge in [0, 0.05) is 31.4 Å². The second-order valence-corrected chi connectivity index (χ2v) is 8.43. The molecule has 35 heavy (non-hydrogen) atoms. The third-order valence-electron chi connectivity index (χ3n) is 5.94. The van der Waals surface area contributed by atoms with Crippen molar-refractivity contribution in [3.05, 3.63) is 11.6 Å². The van der Waals surface area contributed by atoms with Gasteiger partial charge in [0.15, 0.2) is 12.2 Å². The zero-order valence-electron chi connectivity index (χ0n) is 18.5. The molecule has 0 radical (unpaired) electrons. The van der Waals surface area contributed by atoms with E-state index in [0.717, 1.165) is 13.0 Å². The molecule has 0 spiro atoms. The molecule has 1 fully saturated rings. The first kappa shape index (κ1) is 28.6. The number of ether oxygens (including phenoxy) is 2. The standard InChI is InChI=1S/C20H29NO14/c1-6(23)21-12-10(34-17(20(32)33)15(27)19(30)31)4-8(5-22)16(14(12)26)35-11-3-7(18(28)29)2-9(24)13(11)25/h2,8-17,22,24-27H,3-5H2,1H3,(H,21,23)(H,28,29)(H,30,31)(H,32,33)/t8?,9-,10?,11?,12-,13+,14+,15?,16?,17?/m0/s1. The summed E-state index contributed by atoms with van der Waals surface area (Å²) in [4.78, 5) is 45.6. The van der Waals surface area contributed by atoms with E-state index in [4.69, 9.17) is 14.6 Å². The molecule has 0 aromatic carbocycles. The lowest BCUT2D eigenvalue weighted by Crippen LogP contribution is -2.64. The molecule has 0 aromatic heterocycles. The highest BCUT2D eigenvalue weighted by Crippen LogP contribution is 2.34. The number of aliphatic carboxylic acids is 3. The third kappa shape index (κ3) is 6.72. The van der Waals surface area contributed by atoms with Gasteiger partial charge in [-0.15, -0.1) is 0 Å². The first-order chi connectivity index (χ1) is 16.3. The molecule has 1 saturated carbocycles. The fraction of sp³-hybridized carbons (Fsp3) is 0.700. The van der Waals surface area contributed by atoms with Crippen LogP contribution in [0.3, 0.4) is 0 Å². The van der Waals surface area contributed by atoms with Crippen molar-refractivity contribution >= 4 is 23.8 Å². The summed E-state index contributed by atoms with van der Waals surface area (Å²) in [5.74, 6) is -6.81. The molecule has 0 heterocycles. The Morgan fingerprint density at radius 2 is 1.69 bits per heavy atom. The van der Waals surface area contributed by atoms with Crippen LogP contribution in [0.15, 0.2) is 11.6 Å². The van der Waals surface area contributed by atoms with Crippen LogP contribution in [-0.2, 0) is 28.7 Å². The lowest BCUT2D eigenvalue weighted by atomic mass is 9.78. The SMILES string of the molecule is CC(=O)N[C@H]1C(OC(C(=O)O)C(O)C(=O)O)CC(CO)C(OC2CC(C(=O)O)=C[C@H](O)[C@H]2O)[C@@H]1O. The van der Waals surface area contributed by atoms with Gasteiger partial charge in [0.1, 0.15) is 18.3 Å². The average Bonchev–Trinajstić information content (AvgIpc) is 2.77. The molecule has 15 nitrogen and oxygen atoms in total. The molecule has 2 aliphatic rings. The van der Waals surface area contributed by atoms with Crippen molar-refractivity contribution in [1.82, 2.24) is 5.32 Å². The summed E-state index contributed by atoms with van der Waals surface area (Å²) in [5.41, 5.74) is -0.259. The maximum Gasteiger partial charge on any atom is 0.336 e. The number of aliphatic hydroxyl groups excluding tert-OH is 5. The Kier molecular flexibility index (Phi) is 9.68. The van der Waals surface area contributed by atoms with Gasteiger partial charge in [-0.1, -0.05) is 0 Å². The summed E-state index contributed by atoms with van der Waals surface area (Å²) < 4.78 is 11.0. The van der Waals surface area contributed by atoms with Gasteiger partial charge < -0.3 is 55.6 Å². The molecular formula is C20H29NO14. The van der Waals surface area contributed by atoms with E-state index in [2.05, 4.69) is 5.32 Å². The van der Waals surface area contributed by atoms with E-state index < -0.39 is 91.2 Å². The molecular weight excluding hydrogens is 478 g/mol. The fourth-order valence-electron chi connectivity index (χ4n) is 4.21. The highest BCUT2D eigenvalue weighted by Gasteiger charge is 2.50. The third-order valence-corrected chi connectivity index (χ3v) is 5.94. The molecule has 2 aliphatic carbocycles. The van der Waals surface area contributed by atoms with Crippen LogP contribution >= 0.6 is 0 Å². The molecule has 1 amide bonds. The number of nitrogens with one attached hydrogen (secondary N) is 1. The lowest BCUT2D eigenvalue weighted by molar-refractivity contribution is -0.210. The van der Waals surface area contributed by atoms with E-state index in [1.807, 2.05) is 0 Å². The van der Waals surface area contributed by atoms with Gasteiger partial charge in [0.2, 0.25) is 5.91 Å². The van der Waals surface area contributed by atoms with Crippen LogP contribution in [0, 0.1) is 5.92 Å². The molecule has 10 atom stereocenters. The van der Waals surface area contributed by atoms with Crippen LogP contribution in [0.25, 0.3) is 0 Å². The van der Waals surface area contributed by atoms with E-state index in [9.17, 15) is 54.9 Å². The van der Waals surface area contributed by atoms with E-state index in [1.165, 1.54) is 0 Å². The molecule has 2 rings (SSSR count). The Balaban J connectivity index is 2.33. The van der Waals surface area contributed by atoms with Crippen molar-refractivity contribution in [3.8, 4) is 0 Å². The highest BCUT2D eigenvalue weighted by molar-refractivity contribution is 5.87. The Morgan fingerprint density at radius 1 is 1.06 bits per heavy atom. The van der Waals surface area contributed by atoms with Crippen molar-refractivity contribution in [1.29, 1.82) is 0 Å². The summed E-state index contributed by atoms with van der Waals surface area (Å²) in [6, 6.07) is -1.41. The Bertz CT molecular complexity index is 846. The fourth-order valence-corrected chi connectivity index (χ4v) is 4.21. The number of hydrogen-bond donors (Lipinski definition) is 9. The molecule has 0 bridgehead atoms. The monoisotopic (exact) mass is 507 g/mol.